The summed E-state index contributed by atoms with van der Waals surface area (Å²) in [6.45, 7) is 0. The molecule has 0 bridgehead atoms. The van der Waals surface area contributed by atoms with E-state index in [2.05, 4.69) is 11.2 Å². The molecule has 0 unspecified atom stereocenters. The summed E-state index contributed by atoms with van der Waals surface area (Å²) in [6, 6.07) is 14.7. The van der Waals surface area contributed by atoms with Crippen molar-refractivity contribution < 1.29 is 9.61 Å². The van der Waals surface area contributed by atoms with Crippen LogP contribution in [0.2, 0.25) is 0 Å². The summed E-state index contributed by atoms with van der Waals surface area (Å²) in [7, 11) is 1.89. The number of aromatic nitrogens is 2. The van der Waals surface area contributed by atoms with Gasteiger partial charge in [-0.25, -0.2) is 0 Å². The lowest BCUT2D eigenvalue weighted by molar-refractivity contribution is -0.730. The lowest BCUT2D eigenvalue weighted by Crippen LogP contribution is -2.33. The SMILES string of the molecule is C[n+]1cc2ccccc2c(Cc2ccc([N+](=O)[O-])cc2)n1. The van der Waals surface area contributed by atoms with Crippen molar-refractivity contribution in [2.45, 2.75) is 6.42 Å². The molecule has 2 aromatic carbocycles. The predicted octanol–water partition coefficient (Wildman–Crippen LogP) is 2.56. The Balaban J connectivity index is 1.99. The second-order valence-corrected chi connectivity index (χ2v) is 4.94. The summed E-state index contributed by atoms with van der Waals surface area (Å²) in [5, 5.41) is 17.5. The second-order valence-electron chi connectivity index (χ2n) is 4.94. The van der Waals surface area contributed by atoms with Gasteiger partial charge in [0.1, 0.15) is 5.69 Å². The van der Waals surface area contributed by atoms with E-state index in [-0.39, 0.29) is 10.6 Å². The Hall–Kier alpha value is -2.82. The molecule has 3 aromatic rings. The zero-order valence-corrected chi connectivity index (χ0v) is 11.6. The molecule has 5 heteroatoms. The van der Waals surface area contributed by atoms with Gasteiger partial charge in [-0.1, -0.05) is 35.0 Å². The topological polar surface area (TPSA) is 59.9 Å². The zero-order chi connectivity index (χ0) is 14.8. The monoisotopic (exact) mass is 280 g/mol. The summed E-state index contributed by atoms with van der Waals surface area (Å²) < 4.78 is 1.79. The van der Waals surface area contributed by atoms with Crippen molar-refractivity contribution in [3.63, 3.8) is 0 Å². The van der Waals surface area contributed by atoms with Crippen LogP contribution < -0.4 is 4.68 Å². The van der Waals surface area contributed by atoms with Crippen LogP contribution in [-0.2, 0) is 13.5 Å². The average molecular weight is 280 g/mol. The number of hydrogen-bond donors (Lipinski definition) is 0. The highest BCUT2D eigenvalue weighted by Crippen LogP contribution is 2.19. The lowest BCUT2D eigenvalue weighted by Gasteiger charge is -2.03. The van der Waals surface area contributed by atoms with Gasteiger partial charge in [-0.05, 0) is 16.7 Å². The van der Waals surface area contributed by atoms with Crippen molar-refractivity contribution in [2.75, 3.05) is 0 Å². The molecule has 0 aliphatic heterocycles. The number of nitro groups is 1. The molecule has 0 saturated carbocycles. The Morgan fingerprint density at radius 1 is 1.14 bits per heavy atom. The molecule has 0 saturated heterocycles. The normalized spacial score (nSPS) is 10.7. The molecule has 0 radical (unpaired) electrons. The smallest absolute Gasteiger partial charge is 0.258 e. The van der Waals surface area contributed by atoms with Gasteiger partial charge in [0.15, 0.2) is 7.05 Å². The molecule has 0 fully saturated rings. The maximum absolute atomic E-state index is 10.7. The van der Waals surface area contributed by atoms with E-state index in [4.69, 9.17) is 0 Å². The number of aryl methyl sites for hydroxylation is 1. The minimum Gasteiger partial charge on any atom is -0.258 e. The first-order valence-corrected chi connectivity index (χ1v) is 6.61. The standard InChI is InChI=1S/C16H14N3O2/c1-18-11-13-4-2-3-5-15(13)16(17-18)10-12-6-8-14(9-7-12)19(20)21/h2-9,11H,10H2,1H3/q+1. The molecular formula is C16H14N3O2+. The van der Waals surface area contributed by atoms with E-state index in [9.17, 15) is 10.1 Å². The minimum atomic E-state index is -0.389. The van der Waals surface area contributed by atoms with Gasteiger partial charge < -0.3 is 0 Å². The predicted molar refractivity (Wildman–Crippen MR) is 78.8 cm³/mol. The maximum atomic E-state index is 10.7. The molecule has 1 aromatic heterocycles. The number of fused-ring (bicyclic) bond motifs is 1. The highest BCUT2D eigenvalue weighted by Gasteiger charge is 2.11. The first-order chi connectivity index (χ1) is 10.1. The van der Waals surface area contributed by atoms with Gasteiger partial charge >= 0.3 is 0 Å². The highest BCUT2D eigenvalue weighted by atomic mass is 16.6. The second kappa shape index (κ2) is 5.28. The fourth-order valence-corrected chi connectivity index (χ4v) is 2.41. The molecule has 5 nitrogen and oxygen atoms in total. The van der Waals surface area contributed by atoms with E-state index in [0.717, 1.165) is 22.0 Å². The summed E-state index contributed by atoms with van der Waals surface area (Å²) in [6.07, 6.45) is 2.63. The number of benzene rings is 2. The van der Waals surface area contributed by atoms with Gasteiger partial charge in [0.05, 0.1) is 4.92 Å². The third kappa shape index (κ3) is 2.72. The van der Waals surface area contributed by atoms with Crippen molar-refractivity contribution in [1.82, 2.24) is 5.10 Å². The fraction of sp³-hybridized carbons (Fsp3) is 0.125. The number of hydrogen-bond acceptors (Lipinski definition) is 3. The van der Waals surface area contributed by atoms with Gasteiger partial charge in [-0.3, -0.25) is 10.1 Å². The van der Waals surface area contributed by atoms with Gasteiger partial charge in [0, 0.05) is 29.3 Å². The number of rotatable bonds is 3. The largest absolute Gasteiger partial charge is 0.269 e. The summed E-state index contributed by atoms with van der Waals surface area (Å²) in [4.78, 5) is 10.3. The molecule has 0 amide bonds. The van der Waals surface area contributed by atoms with Crippen LogP contribution in [-0.4, -0.2) is 10.0 Å². The van der Waals surface area contributed by atoms with Crippen LogP contribution in [0.15, 0.2) is 54.7 Å². The number of nitro benzene ring substituents is 1. The Morgan fingerprint density at radius 3 is 2.57 bits per heavy atom. The van der Waals surface area contributed by atoms with Crippen LogP contribution in [0.4, 0.5) is 5.69 Å². The van der Waals surface area contributed by atoms with E-state index in [0.29, 0.717) is 6.42 Å². The molecule has 1 heterocycles. The molecule has 21 heavy (non-hydrogen) atoms. The molecule has 0 aliphatic rings. The average Bonchev–Trinajstić information content (AvgIpc) is 2.47. The number of non-ortho nitro benzene ring substituents is 1. The first-order valence-electron chi connectivity index (χ1n) is 6.61. The molecule has 0 aliphatic carbocycles. The number of nitrogens with zero attached hydrogens (tertiary/aromatic N) is 3. The van der Waals surface area contributed by atoms with Crippen molar-refractivity contribution >= 4 is 16.5 Å². The van der Waals surface area contributed by atoms with Crippen LogP contribution in [0.5, 0.6) is 0 Å². The molecule has 104 valence electrons. The fourth-order valence-electron chi connectivity index (χ4n) is 2.41. The zero-order valence-electron chi connectivity index (χ0n) is 11.6. The van der Waals surface area contributed by atoms with Crippen LogP contribution in [0.3, 0.4) is 0 Å². The Kier molecular flexibility index (Phi) is 3.31. The van der Waals surface area contributed by atoms with Crippen LogP contribution in [0, 0.1) is 10.1 Å². The minimum absolute atomic E-state index is 0.107. The van der Waals surface area contributed by atoms with Gasteiger partial charge in [0.25, 0.3) is 5.69 Å². The third-order valence-electron chi connectivity index (χ3n) is 3.39. The van der Waals surface area contributed by atoms with Crippen molar-refractivity contribution in [1.29, 1.82) is 0 Å². The van der Waals surface area contributed by atoms with E-state index < -0.39 is 0 Å². The van der Waals surface area contributed by atoms with Gasteiger partial charge in [0.2, 0.25) is 6.20 Å². The van der Waals surface area contributed by atoms with E-state index in [1.165, 1.54) is 12.1 Å². The lowest BCUT2D eigenvalue weighted by atomic mass is 10.0. The van der Waals surface area contributed by atoms with Crippen molar-refractivity contribution in [3.8, 4) is 0 Å². The summed E-state index contributed by atoms with van der Waals surface area (Å²) >= 11 is 0. The quantitative estimate of drug-likeness (QED) is 0.421. The van der Waals surface area contributed by atoms with E-state index >= 15 is 0 Å². The van der Waals surface area contributed by atoms with Crippen molar-refractivity contribution in [3.05, 3.63) is 76.1 Å². The van der Waals surface area contributed by atoms with E-state index in [1.807, 2.05) is 31.4 Å². The molecule has 0 N–H and O–H groups in total. The first kappa shape index (κ1) is 13.2. The molecule has 0 atom stereocenters. The maximum Gasteiger partial charge on any atom is 0.269 e. The third-order valence-corrected chi connectivity index (χ3v) is 3.39. The van der Waals surface area contributed by atoms with Crippen LogP contribution >= 0.6 is 0 Å². The Bertz CT molecular complexity index is 813. The summed E-state index contributed by atoms with van der Waals surface area (Å²) in [5.41, 5.74) is 2.07. The Morgan fingerprint density at radius 2 is 1.86 bits per heavy atom. The van der Waals surface area contributed by atoms with Crippen LogP contribution in [0.25, 0.3) is 10.8 Å². The highest BCUT2D eigenvalue weighted by molar-refractivity contribution is 5.83. The Labute approximate surface area is 121 Å². The van der Waals surface area contributed by atoms with E-state index in [1.54, 1.807) is 16.8 Å². The van der Waals surface area contributed by atoms with Gasteiger partial charge in [-0.2, -0.15) is 0 Å². The molecular weight excluding hydrogens is 266 g/mol. The summed E-state index contributed by atoms with van der Waals surface area (Å²) in [5.74, 6) is 0. The molecule has 3 rings (SSSR count). The molecule has 0 spiro atoms. The van der Waals surface area contributed by atoms with Crippen molar-refractivity contribution in [2.24, 2.45) is 7.05 Å². The van der Waals surface area contributed by atoms with Crippen LogP contribution in [0.1, 0.15) is 11.3 Å². The van der Waals surface area contributed by atoms with Gasteiger partial charge in [-0.15, -0.1) is 0 Å².